The van der Waals surface area contributed by atoms with E-state index in [0.717, 1.165) is 19.3 Å². The minimum absolute atomic E-state index is 0.0789. The predicted molar refractivity (Wildman–Crippen MR) is 91.4 cm³/mol. The second-order valence-corrected chi connectivity index (χ2v) is 7.63. The number of allylic oxidation sites excluding steroid dienone is 4. The van der Waals surface area contributed by atoms with E-state index in [1.165, 1.54) is 22.9 Å². The van der Waals surface area contributed by atoms with Crippen LogP contribution >= 0.6 is 11.8 Å². The van der Waals surface area contributed by atoms with Gasteiger partial charge in [-0.3, -0.25) is 9.59 Å². The second kappa shape index (κ2) is 7.98. The van der Waals surface area contributed by atoms with Crippen molar-refractivity contribution in [1.82, 2.24) is 0 Å². The molecule has 0 bridgehead atoms. The van der Waals surface area contributed by atoms with Crippen molar-refractivity contribution < 1.29 is 9.59 Å². The summed E-state index contributed by atoms with van der Waals surface area (Å²) in [5.74, 6) is 0.132. The quantitative estimate of drug-likeness (QED) is 0.485. The molecule has 1 aliphatic rings. The standard InChI is InChI=1S/C18H28O2S/c1-6-11-18(16(19)15(5)21-17(18)20)12-10-14(4)9-7-8-13(2)3/h8,10,15H,6-7,9,11-12H2,1-5H3/b14-10-. The topological polar surface area (TPSA) is 34.1 Å². The molecule has 0 saturated carbocycles. The molecule has 1 heterocycles. The van der Waals surface area contributed by atoms with Crippen molar-refractivity contribution in [2.75, 3.05) is 0 Å². The van der Waals surface area contributed by atoms with Crippen LogP contribution < -0.4 is 0 Å². The number of hydrogen-bond acceptors (Lipinski definition) is 3. The van der Waals surface area contributed by atoms with Crippen molar-refractivity contribution in [3.05, 3.63) is 23.3 Å². The van der Waals surface area contributed by atoms with Gasteiger partial charge >= 0.3 is 0 Å². The molecule has 118 valence electrons. The number of carbonyl (C=O) groups excluding carboxylic acids is 2. The molecule has 0 N–H and O–H groups in total. The van der Waals surface area contributed by atoms with Crippen LogP contribution in [0.3, 0.4) is 0 Å². The summed E-state index contributed by atoms with van der Waals surface area (Å²) in [6.45, 7) is 10.2. The van der Waals surface area contributed by atoms with E-state index in [9.17, 15) is 9.59 Å². The van der Waals surface area contributed by atoms with Crippen molar-refractivity contribution in [2.24, 2.45) is 5.41 Å². The van der Waals surface area contributed by atoms with Crippen molar-refractivity contribution in [1.29, 1.82) is 0 Å². The van der Waals surface area contributed by atoms with Crippen LogP contribution in [0, 0.1) is 5.41 Å². The molecule has 0 radical (unpaired) electrons. The third-order valence-corrected chi connectivity index (χ3v) is 5.25. The molecule has 2 atom stereocenters. The van der Waals surface area contributed by atoms with Gasteiger partial charge in [0.1, 0.15) is 5.41 Å². The lowest BCUT2D eigenvalue weighted by Gasteiger charge is -2.23. The summed E-state index contributed by atoms with van der Waals surface area (Å²) in [6.07, 6.45) is 8.49. The number of hydrogen-bond donors (Lipinski definition) is 0. The van der Waals surface area contributed by atoms with E-state index in [1.54, 1.807) is 0 Å². The molecule has 1 rings (SSSR count). The summed E-state index contributed by atoms with van der Waals surface area (Å²) < 4.78 is 0. The van der Waals surface area contributed by atoms with Gasteiger partial charge in [0.25, 0.3) is 0 Å². The molecule has 1 saturated heterocycles. The summed E-state index contributed by atoms with van der Waals surface area (Å²) in [5, 5.41) is -0.0985. The highest BCUT2D eigenvalue weighted by atomic mass is 32.2. The van der Waals surface area contributed by atoms with Gasteiger partial charge < -0.3 is 0 Å². The van der Waals surface area contributed by atoms with Gasteiger partial charge in [0, 0.05) is 0 Å². The summed E-state index contributed by atoms with van der Waals surface area (Å²) in [6, 6.07) is 0. The van der Waals surface area contributed by atoms with Crippen LogP contribution in [0.2, 0.25) is 0 Å². The molecule has 0 aromatic rings. The van der Waals surface area contributed by atoms with Gasteiger partial charge in [0.15, 0.2) is 5.78 Å². The molecular formula is C18H28O2S. The molecule has 21 heavy (non-hydrogen) atoms. The van der Waals surface area contributed by atoms with Crippen LogP contribution in [0.4, 0.5) is 0 Å². The molecule has 3 heteroatoms. The van der Waals surface area contributed by atoms with Gasteiger partial charge in [-0.05, 0) is 53.4 Å². The molecular weight excluding hydrogens is 280 g/mol. The fourth-order valence-corrected chi connectivity index (χ4v) is 3.96. The summed E-state index contributed by atoms with van der Waals surface area (Å²) in [5.41, 5.74) is 1.85. The lowest BCUT2D eigenvalue weighted by Crippen LogP contribution is -2.34. The van der Waals surface area contributed by atoms with E-state index in [2.05, 4.69) is 32.9 Å². The Kier molecular flexibility index (Phi) is 6.92. The molecule has 0 spiro atoms. The Morgan fingerprint density at radius 2 is 1.90 bits per heavy atom. The minimum atomic E-state index is -0.753. The van der Waals surface area contributed by atoms with E-state index in [1.807, 2.05) is 13.8 Å². The third-order valence-electron chi connectivity index (χ3n) is 4.08. The van der Waals surface area contributed by atoms with E-state index in [4.69, 9.17) is 0 Å². The monoisotopic (exact) mass is 308 g/mol. The first-order valence-electron chi connectivity index (χ1n) is 7.88. The Morgan fingerprint density at radius 3 is 2.38 bits per heavy atom. The highest BCUT2D eigenvalue weighted by Gasteiger charge is 2.52. The Morgan fingerprint density at radius 1 is 1.24 bits per heavy atom. The summed E-state index contributed by atoms with van der Waals surface area (Å²) in [7, 11) is 0. The zero-order chi connectivity index (χ0) is 16.0. The van der Waals surface area contributed by atoms with Crippen molar-refractivity contribution in [3.63, 3.8) is 0 Å². The zero-order valence-electron chi connectivity index (χ0n) is 14.0. The van der Waals surface area contributed by atoms with E-state index >= 15 is 0 Å². The minimum Gasteiger partial charge on any atom is -0.297 e. The summed E-state index contributed by atoms with van der Waals surface area (Å²) >= 11 is 1.22. The first-order valence-corrected chi connectivity index (χ1v) is 8.76. The Labute approximate surface area is 133 Å². The number of Topliss-reactive ketones (excluding diaryl/α,β-unsaturated/α-hetero) is 1. The first kappa shape index (κ1) is 18.2. The maximum absolute atomic E-state index is 12.5. The van der Waals surface area contributed by atoms with Crippen LogP contribution in [0.1, 0.15) is 66.7 Å². The van der Waals surface area contributed by atoms with Gasteiger partial charge in [-0.2, -0.15) is 0 Å². The molecule has 0 aromatic heterocycles. The molecule has 0 aromatic carbocycles. The lowest BCUT2D eigenvalue weighted by molar-refractivity contribution is -0.134. The van der Waals surface area contributed by atoms with Crippen LogP contribution in [-0.2, 0) is 9.59 Å². The number of carbonyl (C=O) groups is 2. The maximum Gasteiger partial charge on any atom is 0.203 e. The van der Waals surface area contributed by atoms with Crippen molar-refractivity contribution >= 4 is 22.7 Å². The maximum atomic E-state index is 12.5. The smallest absolute Gasteiger partial charge is 0.203 e. The SMILES string of the molecule is CCCC1(C/C=C(/C)CCC=C(C)C)C(=O)SC(C)C1=O. The average molecular weight is 308 g/mol. The Balaban J connectivity index is 2.78. The molecule has 2 unspecified atom stereocenters. The van der Waals surface area contributed by atoms with Crippen LogP contribution in [0.25, 0.3) is 0 Å². The summed E-state index contributed by atoms with van der Waals surface area (Å²) in [4.78, 5) is 24.8. The average Bonchev–Trinajstić information content (AvgIpc) is 2.61. The number of rotatable bonds is 7. The van der Waals surface area contributed by atoms with Gasteiger partial charge in [0.2, 0.25) is 5.12 Å². The third kappa shape index (κ3) is 4.57. The zero-order valence-corrected chi connectivity index (χ0v) is 14.8. The Hall–Kier alpha value is -0.830. The molecule has 1 aliphatic heterocycles. The van der Waals surface area contributed by atoms with E-state index in [0.29, 0.717) is 12.8 Å². The highest BCUT2D eigenvalue weighted by Crippen LogP contribution is 2.45. The first-order chi connectivity index (χ1) is 9.83. The van der Waals surface area contributed by atoms with Crippen LogP contribution in [-0.4, -0.2) is 16.1 Å². The van der Waals surface area contributed by atoms with E-state index in [-0.39, 0.29) is 16.1 Å². The fraction of sp³-hybridized carbons (Fsp3) is 0.667. The largest absolute Gasteiger partial charge is 0.297 e. The number of ketones is 1. The lowest BCUT2D eigenvalue weighted by atomic mass is 9.76. The van der Waals surface area contributed by atoms with Gasteiger partial charge in [-0.15, -0.1) is 0 Å². The van der Waals surface area contributed by atoms with Gasteiger partial charge in [-0.25, -0.2) is 0 Å². The van der Waals surface area contributed by atoms with Crippen molar-refractivity contribution in [3.8, 4) is 0 Å². The Bertz CT molecular complexity index is 458. The number of thioether (sulfide) groups is 1. The predicted octanol–water partition coefficient (Wildman–Crippen LogP) is 5.09. The molecule has 2 nitrogen and oxygen atoms in total. The highest BCUT2D eigenvalue weighted by molar-refractivity contribution is 8.15. The second-order valence-electron chi connectivity index (χ2n) is 6.32. The van der Waals surface area contributed by atoms with Crippen LogP contribution in [0.5, 0.6) is 0 Å². The van der Waals surface area contributed by atoms with Crippen molar-refractivity contribution in [2.45, 2.75) is 72.0 Å². The fourth-order valence-electron chi connectivity index (χ4n) is 2.79. The van der Waals surface area contributed by atoms with Gasteiger partial charge in [0.05, 0.1) is 5.25 Å². The molecule has 1 fully saturated rings. The molecule has 0 amide bonds. The van der Waals surface area contributed by atoms with E-state index < -0.39 is 5.41 Å². The van der Waals surface area contributed by atoms with Crippen LogP contribution in [0.15, 0.2) is 23.3 Å². The van der Waals surface area contributed by atoms with Gasteiger partial charge in [-0.1, -0.05) is 48.4 Å². The normalized spacial score (nSPS) is 26.3. The molecule has 0 aliphatic carbocycles.